The fourth-order valence-electron chi connectivity index (χ4n) is 1.79. The number of H-pyrrole nitrogens is 1. The van der Waals surface area contributed by atoms with E-state index in [0.717, 1.165) is 5.69 Å². The number of carbonyl (C=O) groups is 1. The molecule has 3 N–H and O–H groups in total. The van der Waals surface area contributed by atoms with Crippen LogP contribution in [0.4, 0.5) is 5.82 Å². The molecule has 0 saturated heterocycles. The van der Waals surface area contributed by atoms with Gasteiger partial charge in [-0.1, -0.05) is 20.8 Å². The highest BCUT2D eigenvalue weighted by molar-refractivity contribution is 6.04. The van der Waals surface area contributed by atoms with E-state index in [2.05, 4.69) is 15.5 Å². The molecule has 112 valence electrons. The number of nitrogens with zero attached hydrogens (tertiary/aromatic N) is 1. The summed E-state index contributed by atoms with van der Waals surface area (Å²) < 4.78 is 4.94. The normalized spacial score (nSPS) is 11.2. The Bertz CT molecular complexity index is 656. The number of methoxy groups -OCH3 is 1. The van der Waals surface area contributed by atoms with Crippen LogP contribution < -0.4 is 10.1 Å². The number of benzene rings is 1. The van der Waals surface area contributed by atoms with Crippen LogP contribution >= 0.6 is 0 Å². The minimum absolute atomic E-state index is 0.0750. The van der Waals surface area contributed by atoms with E-state index < -0.39 is 0 Å². The molecular formula is C15H19N3O3. The smallest absolute Gasteiger partial charge is 0.257 e. The van der Waals surface area contributed by atoms with E-state index in [9.17, 15) is 9.90 Å². The molecule has 1 aromatic carbocycles. The number of phenols is 1. The van der Waals surface area contributed by atoms with Crippen molar-refractivity contribution in [3.05, 3.63) is 35.5 Å². The number of phenolic OH excluding ortho intramolecular Hbond substituents is 1. The maximum Gasteiger partial charge on any atom is 0.257 e. The number of hydrogen-bond acceptors (Lipinski definition) is 4. The van der Waals surface area contributed by atoms with E-state index in [1.165, 1.54) is 19.2 Å². The highest BCUT2D eigenvalue weighted by Gasteiger charge is 2.18. The fourth-order valence-corrected chi connectivity index (χ4v) is 1.79. The summed E-state index contributed by atoms with van der Waals surface area (Å²) in [5, 5.41) is 19.3. The third-order valence-corrected chi connectivity index (χ3v) is 3.07. The molecule has 0 unspecified atom stereocenters. The molecule has 6 nitrogen and oxygen atoms in total. The molecule has 6 heteroatoms. The minimum atomic E-state index is -0.347. The van der Waals surface area contributed by atoms with E-state index >= 15 is 0 Å². The average molecular weight is 289 g/mol. The lowest BCUT2D eigenvalue weighted by Gasteiger charge is -2.14. The van der Waals surface area contributed by atoms with E-state index in [4.69, 9.17) is 4.74 Å². The Kier molecular flexibility index (Phi) is 3.88. The number of hydrogen-bond donors (Lipinski definition) is 3. The standard InChI is InChI=1S/C15H19N3O3/c1-15(2,3)12-8-13(18-17-12)16-14(20)9-5-6-11(21-4)10(19)7-9/h5-8,19H,1-4H3,(H2,16,17,18,20). The number of rotatable bonds is 3. The summed E-state index contributed by atoms with van der Waals surface area (Å²) in [4.78, 5) is 12.1. The molecule has 0 saturated carbocycles. The van der Waals surface area contributed by atoms with Gasteiger partial charge in [0.05, 0.1) is 7.11 Å². The van der Waals surface area contributed by atoms with Gasteiger partial charge in [0, 0.05) is 22.7 Å². The van der Waals surface area contributed by atoms with Gasteiger partial charge in [-0.15, -0.1) is 0 Å². The SMILES string of the molecule is COc1ccc(C(=O)Nc2cc(C(C)(C)C)[nH]n2)cc1O. The van der Waals surface area contributed by atoms with Crippen LogP contribution in [0.25, 0.3) is 0 Å². The Balaban J connectivity index is 2.14. The molecule has 2 rings (SSSR count). The van der Waals surface area contributed by atoms with Crippen molar-refractivity contribution in [1.29, 1.82) is 0 Å². The number of carbonyl (C=O) groups excluding carboxylic acids is 1. The molecular weight excluding hydrogens is 270 g/mol. The second kappa shape index (κ2) is 5.47. The van der Waals surface area contributed by atoms with Crippen molar-refractivity contribution < 1.29 is 14.6 Å². The second-order valence-corrected chi connectivity index (χ2v) is 5.76. The largest absolute Gasteiger partial charge is 0.504 e. The van der Waals surface area contributed by atoms with Gasteiger partial charge in [-0.2, -0.15) is 5.10 Å². The Morgan fingerprint density at radius 2 is 2.05 bits per heavy atom. The van der Waals surface area contributed by atoms with Gasteiger partial charge in [-0.25, -0.2) is 0 Å². The number of aromatic hydroxyl groups is 1. The predicted molar refractivity (Wildman–Crippen MR) is 79.9 cm³/mol. The van der Waals surface area contributed by atoms with Crippen molar-refractivity contribution in [3.63, 3.8) is 0 Å². The molecule has 0 atom stereocenters. The van der Waals surface area contributed by atoms with Gasteiger partial charge in [-0.3, -0.25) is 9.89 Å². The average Bonchev–Trinajstić information content (AvgIpc) is 2.87. The molecule has 0 spiro atoms. The van der Waals surface area contributed by atoms with Gasteiger partial charge >= 0.3 is 0 Å². The zero-order valence-corrected chi connectivity index (χ0v) is 12.5. The van der Waals surface area contributed by atoms with Gasteiger partial charge in [0.15, 0.2) is 17.3 Å². The molecule has 1 heterocycles. The summed E-state index contributed by atoms with van der Waals surface area (Å²) in [5.41, 5.74) is 1.18. The summed E-state index contributed by atoms with van der Waals surface area (Å²) >= 11 is 0. The number of nitrogens with one attached hydrogen (secondary N) is 2. The Hall–Kier alpha value is -2.50. The first-order valence-electron chi connectivity index (χ1n) is 6.55. The molecule has 0 fully saturated rings. The maximum atomic E-state index is 12.1. The van der Waals surface area contributed by atoms with E-state index in [-0.39, 0.29) is 17.1 Å². The molecule has 0 bridgehead atoms. The lowest BCUT2D eigenvalue weighted by molar-refractivity contribution is 0.102. The van der Waals surface area contributed by atoms with Crippen LogP contribution in [0.5, 0.6) is 11.5 Å². The first-order valence-corrected chi connectivity index (χ1v) is 6.55. The summed E-state index contributed by atoms with van der Waals surface area (Å²) in [6.45, 7) is 6.15. The first kappa shape index (κ1) is 14.9. The molecule has 1 amide bonds. The molecule has 0 radical (unpaired) electrons. The van der Waals surface area contributed by atoms with E-state index in [0.29, 0.717) is 17.1 Å². The van der Waals surface area contributed by atoms with E-state index in [1.54, 1.807) is 12.1 Å². The van der Waals surface area contributed by atoms with Crippen LogP contribution in [-0.4, -0.2) is 28.3 Å². The first-order chi connectivity index (χ1) is 9.81. The Labute approximate surface area is 123 Å². The molecule has 1 aromatic heterocycles. The number of aromatic nitrogens is 2. The van der Waals surface area contributed by atoms with Crippen LogP contribution in [-0.2, 0) is 5.41 Å². The zero-order chi connectivity index (χ0) is 15.6. The Morgan fingerprint density at radius 3 is 2.57 bits per heavy atom. The topological polar surface area (TPSA) is 87.2 Å². The summed E-state index contributed by atoms with van der Waals surface area (Å²) in [6.07, 6.45) is 0. The van der Waals surface area contributed by atoms with Crippen LogP contribution in [0.1, 0.15) is 36.8 Å². The lowest BCUT2D eigenvalue weighted by Crippen LogP contribution is -2.12. The van der Waals surface area contributed by atoms with Crippen molar-refractivity contribution in [1.82, 2.24) is 10.2 Å². The summed E-state index contributed by atoms with van der Waals surface area (Å²) in [5.74, 6) is 0.337. The maximum absolute atomic E-state index is 12.1. The van der Waals surface area contributed by atoms with Gasteiger partial charge in [0.1, 0.15) is 0 Å². The van der Waals surface area contributed by atoms with Gasteiger partial charge in [0.25, 0.3) is 5.91 Å². The highest BCUT2D eigenvalue weighted by Crippen LogP contribution is 2.27. The fraction of sp³-hybridized carbons (Fsp3) is 0.333. The van der Waals surface area contributed by atoms with Crippen LogP contribution in [0.15, 0.2) is 24.3 Å². The molecule has 0 aliphatic heterocycles. The zero-order valence-electron chi connectivity index (χ0n) is 12.5. The number of aromatic amines is 1. The lowest BCUT2D eigenvalue weighted by atomic mass is 9.92. The number of amides is 1. The molecule has 0 aliphatic rings. The molecule has 2 aromatic rings. The van der Waals surface area contributed by atoms with Crippen molar-refractivity contribution >= 4 is 11.7 Å². The summed E-state index contributed by atoms with van der Waals surface area (Å²) in [6, 6.07) is 6.26. The van der Waals surface area contributed by atoms with Crippen molar-refractivity contribution in [3.8, 4) is 11.5 Å². The third kappa shape index (κ3) is 3.34. The molecule has 0 aliphatic carbocycles. The Morgan fingerprint density at radius 1 is 1.33 bits per heavy atom. The van der Waals surface area contributed by atoms with E-state index in [1.807, 2.05) is 20.8 Å². The second-order valence-electron chi connectivity index (χ2n) is 5.76. The quantitative estimate of drug-likeness (QED) is 0.810. The molecule has 21 heavy (non-hydrogen) atoms. The van der Waals surface area contributed by atoms with Crippen LogP contribution in [0.3, 0.4) is 0 Å². The predicted octanol–water partition coefficient (Wildman–Crippen LogP) is 2.67. The van der Waals surface area contributed by atoms with Gasteiger partial charge < -0.3 is 15.2 Å². The minimum Gasteiger partial charge on any atom is -0.504 e. The van der Waals surface area contributed by atoms with Crippen LogP contribution in [0.2, 0.25) is 0 Å². The van der Waals surface area contributed by atoms with Crippen molar-refractivity contribution in [2.75, 3.05) is 12.4 Å². The van der Waals surface area contributed by atoms with Crippen molar-refractivity contribution in [2.24, 2.45) is 0 Å². The summed E-state index contributed by atoms with van der Waals surface area (Å²) in [7, 11) is 1.45. The number of anilines is 1. The van der Waals surface area contributed by atoms with Gasteiger partial charge in [-0.05, 0) is 18.2 Å². The number of ether oxygens (including phenoxy) is 1. The third-order valence-electron chi connectivity index (χ3n) is 3.07. The van der Waals surface area contributed by atoms with Gasteiger partial charge in [0.2, 0.25) is 0 Å². The monoisotopic (exact) mass is 289 g/mol. The van der Waals surface area contributed by atoms with Crippen LogP contribution in [0, 0.1) is 0 Å². The highest BCUT2D eigenvalue weighted by atomic mass is 16.5. The van der Waals surface area contributed by atoms with Crippen molar-refractivity contribution in [2.45, 2.75) is 26.2 Å².